The maximum atomic E-state index is 12.7. The fourth-order valence-corrected chi connectivity index (χ4v) is 3.12. The Morgan fingerprint density at radius 1 is 0.889 bits per heavy atom. The van der Waals surface area contributed by atoms with Crippen LogP contribution < -0.4 is 20.1 Å². The Morgan fingerprint density at radius 2 is 1.56 bits per heavy atom. The average Bonchev–Trinajstić information content (AvgIpc) is 2.91. The van der Waals surface area contributed by atoms with Crippen molar-refractivity contribution in [2.24, 2.45) is 0 Å². The molecule has 3 aromatic carbocycles. The highest BCUT2D eigenvalue weighted by Crippen LogP contribution is 2.24. The summed E-state index contributed by atoms with van der Waals surface area (Å²) in [5, 5.41) is 14.9. The fraction of sp³-hybridized carbons (Fsp3) is 0.111. The summed E-state index contributed by atoms with van der Waals surface area (Å²) in [6.07, 6.45) is 1.37. The summed E-state index contributed by atoms with van der Waals surface area (Å²) in [4.78, 5) is 36.6. The van der Waals surface area contributed by atoms with Crippen LogP contribution in [0, 0.1) is 11.3 Å². The number of para-hydroxylation sites is 3. The maximum Gasteiger partial charge on any atom is 0.337 e. The lowest BCUT2D eigenvalue weighted by molar-refractivity contribution is -0.118. The standard InChI is InChI=1S/C27H23N3O6/c1-34-24-10-6-4-8-22(24)30-25(31)17-36-23-9-5-3-7-19(23)15-20(16-28)26(32)29-21-13-11-18(12-14-21)27(33)35-2/h3-15H,17H2,1-2H3,(H,29,32)(H,30,31)/b20-15-. The predicted octanol–water partition coefficient (Wildman–Crippen LogP) is 4.04. The van der Waals surface area contributed by atoms with Gasteiger partial charge in [0.05, 0.1) is 25.5 Å². The van der Waals surface area contributed by atoms with E-state index in [9.17, 15) is 19.6 Å². The van der Waals surface area contributed by atoms with Gasteiger partial charge in [-0.3, -0.25) is 9.59 Å². The smallest absolute Gasteiger partial charge is 0.337 e. The van der Waals surface area contributed by atoms with Crippen LogP contribution in [0.5, 0.6) is 11.5 Å². The number of carbonyl (C=O) groups excluding carboxylic acids is 3. The van der Waals surface area contributed by atoms with Crippen LogP contribution in [0.4, 0.5) is 11.4 Å². The Hall–Kier alpha value is -5.10. The molecule has 2 amide bonds. The van der Waals surface area contributed by atoms with Crippen molar-refractivity contribution in [3.05, 3.63) is 89.5 Å². The van der Waals surface area contributed by atoms with Crippen LogP contribution in [0.2, 0.25) is 0 Å². The summed E-state index contributed by atoms with van der Waals surface area (Å²) < 4.78 is 15.5. The number of ether oxygens (including phenoxy) is 3. The van der Waals surface area contributed by atoms with Gasteiger partial charge in [0.1, 0.15) is 23.1 Å². The van der Waals surface area contributed by atoms with Crippen molar-refractivity contribution in [1.29, 1.82) is 5.26 Å². The molecule has 0 saturated heterocycles. The number of nitrogens with one attached hydrogen (secondary N) is 2. The molecular weight excluding hydrogens is 462 g/mol. The molecule has 0 saturated carbocycles. The highest BCUT2D eigenvalue weighted by Gasteiger charge is 2.13. The Balaban J connectivity index is 1.69. The quantitative estimate of drug-likeness (QED) is 0.266. The van der Waals surface area contributed by atoms with Gasteiger partial charge in [0.2, 0.25) is 0 Å². The fourth-order valence-electron chi connectivity index (χ4n) is 3.12. The summed E-state index contributed by atoms with van der Waals surface area (Å²) in [5.41, 5.74) is 1.49. The molecule has 0 aromatic heterocycles. The molecule has 0 aliphatic rings. The summed E-state index contributed by atoms with van der Waals surface area (Å²) in [5.74, 6) is -0.730. The van der Waals surface area contributed by atoms with Crippen LogP contribution >= 0.6 is 0 Å². The van der Waals surface area contributed by atoms with E-state index >= 15 is 0 Å². The monoisotopic (exact) mass is 485 g/mol. The summed E-state index contributed by atoms with van der Waals surface area (Å²) in [6, 6.07) is 21.6. The molecule has 0 aliphatic heterocycles. The van der Waals surface area contributed by atoms with Crippen molar-refractivity contribution < 1.29 is 28.6 Å². The van der Waals surface area contributed by atoms with Crippen LogP contribution in [0.1, 0.15) is 15.9 Å². The minimum atomic E-state index is -0.646. The zero-order valence-corrected chi connectivity index (χ0v) is 19.6. The molecule has 9 nitrogen and oxygen atoms in total. The van der Waals surface area contributed by atoms with Gasteiger partial charge in [-0.25, -0.2) is 4.79 Å². The first-order chi connectivity index (χ1) is 17.4. The first-order valence-electron chi connectivity index (χ1n) is 10.7. The molecule has 0 radical (unpaired) electrons. The van der Waals surface area contributed by atoms with Crippen molar-refractivity contribution in [2.75, 3.05) is 31.5 Å². The molecule has 0 heterocycles. The number of amides is 2. The second-order valence-corrected chi connectivity index (χ2v) is 7.27. The Morgan fingerprint density at radius 3 is 2.22 bits per heavy atom. The zero-order chi connectivity index (χ0) is 25.9. The molecule has 0 spiro atoms. The molecule has 182 valence electrons. The average molecular weight is 485 g/mol. The van der Waals surface area contributed by atoms with Crippen LogP contribution in [0.25, 0.3) is 6.08 Å². The van der Waals surface area contributed by atoms with Crippen LogP contribution in [-0.2, 0) is 14.3 Å². The van der Waals surface area contributed by atoms with E-state index in [0.29, 0.717) is 34.0 Å². The van der Waals surface area contributed by atoms with Gasteiger partial charge in [-0.05, 0) is 48.5 Å². The van der Waals surface area contributed by atoms with E-state index in [0.717, 1.165) is 0 Å². The summed E-state index contributed by atoms with van der Waals surface area (Å²) >= 11 is 0. The summed E-state index contributed by atoms with van der Waals surface area (Å²) in [7, 11) is 2.78. The Kier molecular flexibility index (Phi) is 8.78. The zero-order valence-electron chi connectivity index (χ0n) is 19.6. The number of benzene rings is 3. The van der Waals surface area contributed by atoms with E-state index in [-0.39, 0.29) is 12.2 Å². The normalized spacial score (nSPS) is 10.5. The molecule has 2 N–H and O–H groups in total. The SMILES string of the molecule is COC(=O)c1ccc(NC(=O)/C(C#N)=C\c2ccccc2OCC(=O)Nc2ccccc2OC)cc1. The van der Waals surface area contributed by atoms with E-state index < -0.39 is 17.8 Å². The lowest BCUT2D eigenvalue weighted by atomic mass is 10.1. The molecule has 0 aliphatic carbocycles. The predicted molar refractivity (Wildman–Crippen MR) is 134 cm³/mol. The van der Waals surface area contributed by atoms with E-state index in [1.54, 1.807) is 48.5 Å². The summed E-state index contributed by atoms with van der Waals surface area (Å²) in [6.45, 7) is -0.302. The number of methoxy groups -OCH3 is 2. The van der Waals surface area contributed by atoms with Crippen molar-refractivity contribution >= 4 is 35.2 Å². The van der Waals surface area contributed by atoms with Gasteiger partial charge in [0.15, 0.2) is 6.61 Å². The first kappa shape index (κ1) is 25.5. The number of nitriles is 1. The second kappa shape index (κ2) is 12.4. The molecule has 0 atom stereocenters. The topological polar surface area (TPSA) is 127 Å². The highest BCUT2D eigenvalue weighted by molar-refractivity contribution is 6.10. The van der Waals surface area contributed by atoms with E-state index in [1.165, 1.54) is 44.6 Å². The third-order valence-corrected chi connectivity index (χ3v) is 4.89. The van der Waals surface area contributed by atoms with Gasteiger partial charge in [0.25, 0.3) is 11.8 Å². The number of rotatable bonds is 9. The minimum absolute atomic E-state index is 0.179. The van der Waals surface area contributed by atoms with E-state index in [1.807, 2.05) is 6.07 Å². The molecule has 36 heavy (non-hydrogen) atoms. The molecule has 0 unspecified atom stereocenters. The Labute approximate surface area is 207 Å². The van der Waals surface area contributed by atoms with Crippen molar-refractivity contribution in [1.82, 2.24) is 0 Å². The molecule has 9 heteroatoms. The number of hydrogen-bond acceptors (Lipinski definition) is 7. The van der Waals surface area contributed by atoms with Crippen molar-refractivity contribution in [3.8, 4) is 17.6 Å². The van der Waals surface area contributed by atoms with Crippen molar-refractivity contribution in [3.63, 3.8) is 0 Å². The van der Waals surface area contributed by atoms with Crippen LogP contribution in [0.15, 0.2) is 78.4 Å². The van der Waals surface area contributed by atoms with E-state index in [4.69, 9.17) is 9.47 Å². The van der Waals surface area contributed by atoms with E-state index in [2.05, 4.69) is 15.4 Å². The second-order valence-electron chi connectivity index (χ2n) is 7.27. The number of nitrogens with zero attached hydrogens (tertiary/aromatic N) is 1. The minimum Gasteiger partial charge on any atom is -0.495 e. The number of anilines is 2. The maximum absolute atomic E-state index is 12.7. The van der Waals surface area contributed by atoms with Gasteiger partial charge in [0, 0.05) is 11.3 Å². The highest BCUT2D eigenvalue weighted by atomic mass is 16.5. The van der Waals surface area contributed by atoms with Crippen molar-refractivity contribution in [2.45, 2.75) is 0 Å². The van der Waals surface area contributed by atoms with Gasteiger partial charge >= 0.3 is 5.97 Å². The van der Waals surface area contributed by atoms with Gasteiger partial charge in [-0.2, -0.15) is 5.26 Å². The Bertz CT molecular complexity index is 1330. The molecule has 0 bridgehead atoms. The number of carbonyl (C=O) groups is 3. The molecule has 0 fully saturated rings. The lowest BCUT2D eigenvalue weighted by Gasteiger charge is -2.12. The molecular formula is C27H23N3O6. The number of esters is 1. The largest absolute Gasteiger partial charge is 0.495 e. The van der Waals surface area contributed by atoms with Gasteiger partial charge < -0.3 is 24.8 Å². The lowest BCUT2D eigenvalue weighted by Crippen LogP contribution is -2.20. The molecule has 3 rings (SSSR count). The first-order valence-corrected chi connectivity index (χ1v) is 10.7. The molecule has 3 aromatic rings. The third kappa shape index (κ3) is 6.71. The van der Waals surface area contributed by atoms with Crippen LogP contribution in [-0.4, -0.2) is 38.6 Å². The van der Waals surface area contributed by atoms with Gasteiger partial charge in [-0.15, -0.1) is 0 Å². The number of hydrogen-bond donors (Lipinski definition) is 2. The third-order valence-electron chi connectivity index (χ3n) is 4.89. The van der Waals surface area contributed by atoms with Crippen LogP contribution in [0.3, 0.4) is 0 Å². The van der Waals surface area contributed by atoms with Gasteiger partial charge in [-0.1, -0.05) is 30.3 Å².